The molecule has 0 unspecified atom stereocenters. The maximum atomic E-state index is 5.63. The summed E-state index contributed by atoms with van der Waals surface area (Å²) >= 11 is 0. The molecule has 1 aromatic rings. The molecule has 2 N–H and O–H groups in total. The van der Waals surface area contributed by atoms with Gasteiger partial charge in [0.15, 0.2) is 0 Å². The van der Waals surface area contributed by atoms with Crippen LogP contribution in [0.2, 0.25) is 0 Å². The van der Waals surface area contributed by atoms with Crippen molar-refractivity contribution in [2.75, 3.05) is 36.9 Å². The SMILES string of the molecule is CCNc1cc(NCCCOCC2CC2)nc(C(C)C)n1. The quantitative estimate of drug-likeness (QED) is 0.648. The number of nitrogens with zero attached hydrogens (tertiary/aromatic N) is 2. The zero-order chi connectivity index (χ0) is 15.1. The Morgan fingerprint density at radius 2 is 1.95 bits per heavy atom. The van der Waals surface area contributed by atoms with Gasteiger partial charge in [-0.3, -0.25) is 0 Å². The molecule has 0 saturated heterocycles. The van der Waals surface area contributed by atoms with E-state index >= 15 is 0 Å². The van der Waals surface area contributed by atoms with E-state index in [2.05, 4.69) is 41.4 Å². The van der Waals surface area contributed by atoms with E-state index < -0.39 is 0 Å². The molecule has 5 nitrogen and oxygen atoms in total. The lowest BCUT2D eigenvalue weighted by Crippen LogP contribution is -2.11. The van der Waals surface area contributed by atoms with Gasteiger partial charge in [0.25, 0.3) is 0 Å². The number of ether oxygens (including phenoxy) is 1. The molecule has 0 amide bonds. The fourth-order valence-corrected chi connectivity index (χ4v) is 2.01. The molecule has 1 aliphatic rings. The molecule has 21 heavy (non-hydrogen) atoms. The van der Waals surface area contributed by atoms with Gasteiger partial charge in [0.05, 0.1) is 0 Å². The summed E-state index contributed by atoms with van der Waals surface area (Å²) in [4.78, 5) is 9.09. The maximum Gasteiger partial charge on any atom is 0.135 e. The highest BCUT2D eigenvalue weighted by molar-refractivity contribution is 5.47. The summed E-state index contributed by atoms with van der Waals surface area (Å²) in [5.74, 6) is 3.83. The van der Waals surface area contributed by atoms with Gasteiger partial charge in [0, 0.05) is 38.3 Å². The minimum atomic E-state index is 0.325. The van der Waals surface area contributed by atoms with Crippen LogP contribution < -0.4 is 10.6 Å². The number of rotatable bonds is 10. The van der Waals surface area contributed by atoms with E-state index in [0.29, 0.717) is 5.92 Å². The normalized spacial score (nSPS) is 14.5. The second-order valence-electron chi connectivity index (χ2n) is 5.98. The van der Waals surface area contributed by atoms with E-state index in [1.807, 2.05) is 6.07 Å². The van der Waals surface area contributed by atoms with Crippen LogP contribution in [0.3, 0.4) is 0 Å². The van der Waals surface area contributed by atoms with Gasteiger partial charge < -0.3 is 15.4 Å². The fraction of sp³-hybridized carbons (Fsp3) is 0.750. The van der Waals surface area contributed by atoms with Crippen LogP contribution in [-0.2, 0) is 4.74 Å². The van der Waals surface area contributed by atoms with Gasteiger partial charge in [0.1, 0.15) is 17.5 Å². The summed E-state index contributed by atoms with van der Waals surface area (Å²) in [6.07, 6.45) is 3.71. The third kappa shape index (κ3) is 5.87. The lowest BCUT2D eigenvalue weighted by Gasteiger charge is -2.12. The molecule has 0 radical (unpaired) electrons. The fourth-order valence-electron chi connectivity index (χ4n) is 2.01. The van der Waals surface area contributed by atoms with Crippen molar-refractivity contribution in [1.82, 2.24) is 9.97 Å². The number of hydrogen-bond acceptors (Lipinski definition) is 5. The zero-order valence-corrected chi connectivity index (χ0v) is 13.5. The summed E-state index contributed by atoms with van der Waals surface area (Å²) in [6, 6.07) is 1.97. The summed E-state index contributed by atoms with van der Waals surface area (Å²) in [6.45, 7) is 9.80. The Hall–Kier alpha value is -1.36. The molecule has 1 saturated carbocycles. The smallest absolute Gasteiger partial charge is 0.135 e. The zero-order valence-electron chi connectivity index (χ0n) is 13.5. The first-order valence-electron chi connectivity index (χ1n) is 8.13. The van der Waals surface area contributed by atoms with Crippen molar-refractivity contribution in [3.63, 3.8) is 0 Å². The van der Waals surface area contributed by atoms with Gasteiger partial charge in [-0.1, -0.05) is 13.8 Å². The van der Waals surface area contributed by atoms with Crippen LogP contribution in [0.5, 0.6) is 0 Å². The monoisotopic (exact) mass is 292 g/mol. The van der Waals surface area contributed by atoms with E-state index in [-0.39, 0.29) is 0 Å². The van der Waals surface area contributed by atoms with Gasteiger partial charge >= 0.3 is 0 Å². The molecule has 0 aliphatic heterocycles. The third-order valence-electron chi connectivity index (χ3n) is 3.44. The Bertz CT molecular complexity index is 432. The van der Waals surface area contributed by atoms with Gasteiger partial charge in [0.2, 0.25) is 0 Å². The van der Waals surface area contributed by atoms with Crippen molar-refractivity contribution >= 4 is 11.6 Å². The van der Waals surface area contributed by atoms with Crippen LogP contribution in [0.1, 0.15) is 51.8 Å². The molecule has 5 heteroatoms. The highest BCUT2D eigenvalue weighted by Crippen LogP contribution is 2.28. The molecule has 1 aliphatic carbocycles. The lowest BCUT2D eigenvalue weighted by atomic mass is 10.2. The van der Waals surface area contributed by atoms with Crippen molar-refractivity contribution in [3.8, 4) is 0 Å². The van der Waals surface area contributed by atoms with Crippen LogP contribution in [0.15, 0.2) is 6.07 Å². The van der Waals surface area contributed by atoms with Gasteiger partial charge in [-0.25, -0.2) is 9.97 Å². The predicted octanol–water partition coefficient (Wildman–Crippen LogP) is 3.26. The summed E-state index contributed by atoms with van der Waals surface area (Å²) in [5.41, 5.74) is 0. The first-order chi connectivity index (χ1) is 10.2. The van der Waals surface area contributed by atoms with E-state index in [4.69, 9.17) is 4.74 Å². The number of aromatic nitrogens is 2. The molecule has 0 spiro atoms. The standard InChI is InChI=1S/C16H28N4O/c1-4-17-14-10-15(20-16(19-14)12(2)3)18-8-5-9-21-11-13-6-7-13/h10,12-13H,4-9,11H2,1-3H3,(H2,17,18,19,20). The minimum absolute atomic E-state index is 0.325. The second kappa shape index (κ2) is 8.17. The second-order valence-corrected chi connectivity index (χ2v) is 5.98. The van der Waals surface area contributed by atoms with Crippen molar-refractivity contribution in [2.24, 2.45) is 5.92 Å². The Morgan fingerprint density at radius 1 is 1.24 bits per heavy atom. The Labute approximate surface area is 127 Å². The summed E-state index contributed by atoms with van der Waals surface area (Å²) < 4.78 is 5.63. The van der Waals surface area contributed by atoms with Crippen molar-refractivity contribution in [3.05, 3.63) is 11.9 Å². The first-order valence-corrected chi connectivity index (χ1v) is 8.13. The lowest BCUT2D eigenvalue weighted by molar-refractivity contribution is 0.124. The number of anilines is 2. The van der Waals surface area contributed by atoms with E-state index in [9.17, 15) is 0 Å². The highest BCUT2D eigenvalue weighted by atomic mass is 16.5. The molecule has 1 aromatic heterocycles. The number of nitrogens with one attached hydrogen (secondary N) is 2. The van der Waals surface area contributed by atoms with Crippen LogP contribution >= 0.6 is 0 Å². The third-order valence-corrected chi connectivity index (χ3v) is 3.44. The topological polar surface area (TPSA) is 59.1 Å². The molecule has 1 fully saturated rings. The molecule has 0 aromatic carbocycles. The molecule has 0 atom stereocenters. The molecular weight excluding hydrogens is 264 g/mol. The van der Waals surface area contributed by atoms with Crippen LogP contribution in [0, 0.1) is 5.92 Å². The Morgan fingerprint density at radius 3 is 2.57 bits per heavy atom. The first kappa shape index (κ1) is 16.0. The van der Waals surface area contributed by atoms with E-state index in [0.717, 1.165) is 56.1 Å². The maximum absolute atomic E-state index is 5.63. The van der Waals surface area contributed by atoms with Gasteiger partial charge in [-0.2, -0.15) is 0 Å². The van der Waals surface area contributed by atoms with Crippen molar-refractivity contribution in [2.45, 2.75) is 46.0 Å². The minimum Gasteiger partial charge on any atom is -0.381 e. The van der Waals surface area contributed by atoms with E-state index in [1.54, 1.807) is 0 Å². The van der Waals surface area contributed by atoms with Gasteiger partial charge in [-0.05, 0) is 32.1 Å². The molecule has 0 bridgehead atoms. The van der Waals surface area contributed by atoms with E-state index in [1.165, 1.54) is 12.8 Å². The Kier molecular flexibility index (Phi) is 6.23. The average molecular weight is 292 g/mol. The largest absolute Gasteiger partial charge is 0.381 e. The number of hydrogen-bond donors (Lipinski definition) is 2. The van der Waals surface area contributed by atoms with Crippen LogP contribution in [0.4, 0.5) is 11.6 Å². The summed E-state index contributed by atoms with van der Waals surface area (Å²) in [5, 5.41) is 6.63. The Balaban J connectivity index is 1.76. The van der Waals surface area contributed by atoms with Crippen molar-refractivity contribution < 1.29 is 4.74 Å². The molecule has 2 rings (SSSR count). The highest BCUT2D eigenvalue weighted by Gasteiger charge is 2.20. The molecule has 1 heterocycles. The van der Waals surface area contributed by atoms with Crippen LogP contribution in [0.25, 0.3) is 0 Å². The average Bonchev–Trinajstić information content (AvgIpc) is 3.27. The predicted molar refractivity (Wildman–Crippen MR) is 86.9 cm³/mol. The molecule has 118 valence electrons. The van der Waals surface area contributed by atoms with Crippen LogP contribution in [-0.4, -0.2) is 36.3 Å². The molecular formula is C16H28N4O. The van der Waals surface area contributed by atoms with Gasteiger partial charge in [-0.15, -0.1) is 0 Å². The summed E-state index contributed by atoms with van der Waals surface area (Å²) in [7, 11) is 0. The van der Waals surface area contributed by atoms with Crippen molar-refractivity contribution in [1.29, 1.82) is 0 Å².